The quantitative estimate of drug-likeness (QED) is 0.920. The lowest BCUT2D eigenvalue weighted by molar-refractivity contribution is 0.102. The molecule has 0 radical (unpaired) electrons. The second-order valence-electron chi connectivity index (χ2n) is 5.51. The molecule has 2 heterocycles. The lowest BCUT2D eigenvalue weighted by Gasteiger charge is -2.11. The number of aromatic nitrogens is 3. The van der Waals surface area contributed by atoms with Gasteiger partial charge in [0, 0.05) is 24.1 Å². The molecule has 116 valence electrons. The Kier molecular flexibility index (Phi) is 4.12. The largest absolute Gasteiger partial charge is 0.315 e. The number of amides is 1. The van der Waals surface area contributed by atoms with Gasteiger partial charge in [0.05, 0.1) is 0 Å². The van der Waals surface area contributed by atoms with Crippen LogP contribution in [-0.4, -0.2) is 20.4 Å². The van der Waals surface area contributed by atoms with E-state index in [1.54, 1.807) is 14.0 Å². The maximum atomic E-state index is 12.4. The molecule has 1 N–H and O–H groups in total. The van der Waals surface area contributed by atoms with E-state index in [1.165, 1.54) is 4.57 Å². The number of pyridine rings is 1. The van der Waals surface area contributed by atoms with E-state index in [-0.39, 0.29) is 17.1 Å². The highest BCUT2D eigenvalue weighted by atomic mass is 16.2. The average molecular weight is 300 g/mol. The molecule has 0 aliphatic rings. The van der Waals surface area contributed by atoms with Crippen LogP contribution in [0.3, 0.4) is 0 Å². The van der Waals surface area contributed by atoms with Crippen LogP contribution in [0, 0.1) is 34.6 Å². The van der Waals surface area contributed by atoms with Gasteiger partial charge in [-0.3, -0.25) is 14.9 Å². The molecule has 0 unspecified atom stereocenters. The molecule has 0 atom stereocenters. The third-order valence-electron chi connectivity index (χ3n) is 3.95. The Morgan fingerprint density at radius 2 is 1.64 bits per heavy atom. The van der Waals surface area contributed by atoms with Crippen LogP contribution in [0.25, 0.3) is 0 Å². The summed E-state index contributed by atoms with van der Waals surface area (Å²) in [4.78, 5) is 33.2. The number of carbonyl (C=O) groups is 1. The Bertz CT molecular complexity index is 799. The lowest BCUT2D eigenvalue weighted by Crippen LogP contribution is -2.30. The van der Waals surface area contributed by atoms with Crippen molar-refractivity contribution >= 4 is 11.9 Å². The molecule has 0 saturated carbocycles. The first-order valence-corrected chi connectivity index (χ1v) is 7.02. The summed E-state index contributed by atoms with van der Waals surface area (Å²) < 4.78 is 1.45. The van der Waals surface area contributed by atoms with E-state index >= 15 is 0 Å². The molecular weight excluding hydrogens is 280 g/mol. The summed E-state index contributed by atoms with van der Waals surface area (Å²) in [6, 6.07) is 1.81. The Balaban J connectivity index is 2.43. The Morgan fingerprint density at radius 3 is 2.18 bits per heavy atom. The maximum absolute atomic E-state index is 12.4. The molecule has 2 aromatic heterocycles. The van der Waals surface area contributed by atoms with Crippen LogP contribution in [0.2, 0.25) is 0 Å². The summed E-state index contributed by atoms with van der Waals surface area (Å²) in [7, 11) is 1.64. The molecule has 0 saturated heterocycles. The van der Waals surface area contributed by atoms with Crippen LogP contribution in [0.1, 0.15) is 38.6 Å². The highest BCUT2D eigenvalue weighted by Crippen LogP contribution is 2.12. The summed E-state index contributed by atoms with van der Waals surface area (Å²) in [5, 5.41) is 2.62. The summed E-state index contributed by atoms with van der Waals surface area (Å²) in [6.45, 7) is 9.21. The van der Waals surface area contributed by atoms with Crippen molar-refractivity contribution in [2.24, 2.45) is 7.05 Å². The molecule has 0 aliphatic carbocycles. The van der Waals surface area contributed by atoms with E-state index in [9.17, 15) is 9.59 Å². The highest BCUT2D eigenvalue weighted by molar-refractivity contribution is 6.04. The Labute approximate surface area is 129 Å². The number of hydrogen-bond donors (Lipinski definition) is 1. The van der Waals surface area contributed by atoms with Crippen LogP contribution >= 0.6 is 0 Å². The SMILES string of the molecule is Cc1cc(C)n(C)c(=O)c1C(=O)Nc1nc(C)c(C)c(C)n1. The van der Waals surface area contributed by atoms with Gasteiger partial charge in [-0.05, 0) is 51.8 Å². The smallest absolute Gasteiger partial charge is 0.263 e. The van der Waals surface area contributed by atoms with Crippen molar-refractivity contribution in [3.05, 3.63) is 50.2 Å². The van der Waals surface area contributed by atoms with Gasteiger partial charge >= 0.3 is 0 Å². The standard InChI is InChI=1S/C16H20N4O2/c1-8-7-9(2)20(6)15(22)13(8)14(21)19-16-17-11(4)10(3)12(5)18-16/h7H,1-6H3,(H,17,18,19,21). The van der Waals surface area contributed by atoms with Crippen molar-refractivity contribution in [1.82, 2.24) is 14.5 Å². The lowest BCUT2D eigenvalue weighted by atomic mass is 10.1. The molecule has 0 spiro atoms. The number of nitrogens with one attached hydrogen (secondary N) is 1. The number of anilines is 1. The molecule has 6 nitrogen and oxygen atoms in total. The summed E-state index contributed by atoms with van der Waals surface area (Å²) in [5.41, 5.74) is 3.83. The van der Waals surface area contributed by atoms with E-state index in [4.69, 9.17) is 0 Å². The monoisotopic (exact) mass is 300 g/mol. The molecule has 0 bridgehead atoms. The van der Waals surface area contributed by atoms with Gasteiger partial charge in [0.1, 0.15) is 5.56 Å². The number of hydrogen-bond acceptors (Lipinski definition) is 4. The van der Waals surface area contributed by atoms with Gasteiger partial charge in [0.2, 0.25) is 5.95 Å². The fourth-order valence-corrected chi connectivity index (χ4v) is 2.25. The van der Waals surface area contributed by atoms with Gasteiger partial charge in [0.25, 0.3) is 11.5 Å². The second-order valence-corrected chi connectivity index (χ2v) is 5.51. The Morgan fingerprint density at radius 1 is 1.09 bits per heavy atom. The van der Waals surface area contributed by atoms with Gasteiger partial charge in [-0.15, -0.1) is 0 Å². The normalized spacial score (nSPS) is 10.6. The van der Waals surface area contributed by atoms with Crippen molar-refractivity contribution < 1.29 is 4.79 Å². The molecule has 22 heavy (non-hydrogen) atoms. The first-order chi connectivity index (χ1) is 10.2. The first kappa shape index (κ1) is 15.9. The molecule has 0 aromatic carbocycles. The van der Waals surface area contributed by atoms with Crippen molar-refractivity contribution in [3.63, 3.8) is 0 Å². The third kappa shape index (κ3) is 2.77. The first-order valence-electron chi connectivity index (χ1n) is 7.02. The van der Waals surface area contributed by atoms with Gasteiger partial charge in [-0.1, -0.05) is 0 Å². The van der Waals surface area contributed by atoms with Gasteiger partial charge in [0.15, 0.2) is 0 Å². The van der Waals surface area contributed by atoms with Crippen LogP contribution in [-0.2, 0) is 7.05 Å². The van der Waals surface area contributed by atoms with Crippen molar-refractivity contribution in [3.8, 4) is 0 Å². The van der Waals surface area contributed by atoms with E-state index in [1.807, 2.05) is 33.8 Å². The fourth-order valence-electron chi connectivity index (χ4n) is 2.25. The molecule has 0 aliphatic heterocycles. The van der Waals surface area contributed by atoms with Crippen molar-refractivity contribution in [2.45, 2.75) is 34.6 Å². The average Bonchev–Trinajstić information content (AvgIpc) is 2.42. The number of carbonyl (C=O) groups excluding carboxylic acids is 1. The number of nitrogens with zero attached hydrogens (tertiary/aromatic N) is 3. The summed E-state index contributed by atoms with van der Waals surface area (Å²) in [5.74, 6) is -0.270. The van der Waals surface area contributed by atoms with Gasteiger partial charge < -0.3 is 4.57 Å². The topological polar surface area (TPSA) is 76.9 Å². The van der Waals surface area contributed by atoms with Crippen LogP contribution in [0.5, 0.6) is 0 Å². The van der Waals surface area contributed by atoms with Crippen LogP contribution in [0.15, 0.2) is 10.9 Å². The molecule has 2 aromatic rings. The van der Waals surface area contributed by atoms with Gasteiger partial charge in [-0.25, -0.2) is 9.97 Å². The maximum Gasteiger partial charge on any atom is 0.263 e. The molecule has 1 amide bonds. The zero-order valence-corrected chi connectivity index (χ0v) is 13.7. The molecule has 6 heteroatoms. The zero-order chi connectivity index (χ0) is 16.6. The summed E-state index contributed by atoms with van der Waals surface area (Å²) >= 11 is 0. The minimum absolute atomic E-state index is 0.118. The third-order valence-corrected chi connectivity index (χ3v) is 3.95. The second kappa shape index (κ2) is 5.71. The van der Waals surface area contributed by atoms with E-state index in [2.05, 4.69) is 15.3 Å². The predicted octanol–water partition coefficient (Wildman–Crippen LogP) is 1.97. The van der Waals surface area contributed by atoms with E-state index < -0.39 is 5.91 Å². The van der Waals surface area contributed by atoms with Gasteiger partial charge in [-0.2, -0.15) is 0 Å². The minimum atomic E-state index is -0.485. The molecular formula is C16H20N4O2. The molecule has 2 rings (SSSR count). The predicted molar refractivity (Wildman–Crippen MR) is 85.4 cm³/mol. The van der Waals surface area contributed by atoms with Crippen molar-refractivity contribution in [1.29, 1.82) is 0 Å². The van der Waals surface area contributed by atoms with Crippen LogP contribution in [0.4, 0.5) is 5.95 Å². The summed E-state index contributed by atoms with van der Waals surface area (Å²) in [6.07, 6.45) is 0. The van der Waals surface area contributed by atoms with Crippen molar-refractivity contribution in [2.75, 3.05) is 5.32 Å². The highest BCUT2D eigenvalue weighted by Gasteiger charge is 2.18. The fraction of sp³-hybridized carbons (Fsp3) is 0.375. The Hall–Kier alpha value is -2.50. The van der Waals surface area contributed by atoms with E-state index in [0.29, 0.717) is 5.56 Å². The number of aryl methyl sites for hydroxylation is 4. The minimum Gasteiger partial charge on any atom is -0.315 e. The van der Waals surface area contributed by atoms with Crippen LogP contribution < -0.4 is 10.9 Å². The molecule has 0 fully saturated rings. The van der Waals surface area contributed by atoms with E-state index in [0.717, 1.165) is 22.6 Å². The number of rotatable bonds is 2. The zero-order valence-electron chi connectivity index (χ0n) is 13.7.